The van der Waals surface area contributed by atoms with E-state index in [-0.39, 0.29) is 11.4 Å². The van der Waals surface area contributed by atoms with Crippen LogP contribution in [0.3, 0.4) is 0 Å². The zero-order valence-electron chi connectivity index (χ0n) is 11.0. The fourth-order valence-corrected chi connectivity index (χ4v) is 2.14. The summed E-state index contributed by atoms with van der Waals surface area (Å²) in [4.78, 5) is 24.8. The lowest BCUT2D eigenvalue weighted by Gasteiger charge is -2.30. The molecule has 5 heteroatoms. The molecule has 98 valence electrons. The number of carbonyl (C=O) groups excluding carboxylic acids is 1. The monoisotopic (exact) mass is 242 g/mol. The summed E-state index contributed by atoms with van der Waals surface area (Å²) in [7, 11) is 0. The molecule has 0 aromatic rings. The van der Waals surface area contributed by atoms with Crippen LogP contribution in [0.2, 0.25) is 0 Å². The number of nitrogens with one attached hydrogen (secondary N) is 1. The molecule has 2 atom stereocenters. The summed E-state index contributed by atoms with van der Waals surface area (Å²) in [5.74, 6) is -0.941. The third-order valence-corrected chi connectivity index (χ3v) is 2.95. The van der Waals surface area contributed by atoms with Crippen LogP contribution in [-0.4, -0.2) is 46.1 Å². The van der Waals surface area contributed by atoms with Gasteiger partial charge in [0.25, 0.3) is 0 Å². The summed E-state index contributed by atoms with van der Waals surface area (Å²) >= 11 is 0. The molecule has 17 heavy (non-hydrogen) atoms. The van der Waals surface area contributed by atoms with Gasteiger partial charge in [-0.2, -0.15) is 0 Å². The van der Waals surface area contributed by atoms with Gasteiger partial charge in [0.1, 0.15) is 6.04 Å². The van der Waals surface area contributed by atoms with E-state index in [0.29, 0.717) is 13.0 Å². The van der Waals surface area contributed by atoms with Crippen molar-refractivity contribution >= 4 is 11.9 Å². The molecule has 1 heterocycles. The minimum absolute atomic E-state index is 0.106. The molecular weight excluding hydrogens is 220 g/mol. The smallest absolute Gasteiger partial charge is 0.320 e. The van der Waals surface area contributed by atoms with E-state index in [1.54, 1.807) is 11.8 Å². The maximum atomic E-state index is 12.0. The Morgan fingerprint density at radius 2 is 2.00 bits per heavy atom. The quantitative estimate of drug-likeness (QED) is 0.769. The highest BCUT2D eigenvalue weighted by atomic mass is 16.4. The molecule has 0 spiro atoms. The lowest BCUT2D eigenvalue weighted by molar-refractivity contribution is -0.144. The van der Waals surface area contributed by atoms with Crippen molar-refractivity contribution in [2.45, 2.75) is 58.2 Å². The molecule has 1 fully saturated rings. The van der Waals surface area contributed by atoms with Crippen LogP contribution in [0, 0.1) is 0 Å². The van der Waals surface area contributed by atoms with Crippen LogP contribution in [0.5, 0.6) is 0 Å². The molecule has 2 N–H and O–H groups in total. The van der Waals surface area contributed by atoms with E-state index in [2.05, 4.69) is 5.32 Å². The number of likely N-dealkylation sites (tertiary alicyclic amines) is 1. The first-order chi connectivity index (χ1) is 7.72. The second-order valence-corrected chi connectivity index (χ2v) is 5.65. The second-order valence-electron chi connectivity index (χ2n) is 5.65. The van der Waals surface area contributed by atoms with Gasteiger partial charge in [-0.05, 0) is 47.1 Å². The van der Waals surface area contributed by atoms with Gasteiger partial charge in [0.15, 0.2) is 0 Å². The SMILES string of the molecule is CC(C(=O)NC(C)(C)C)N1CCCC1C(=O)O. The van der Waals surface area contributed by atoms with E-state index >= 15 is 0 Å². The molecular formula is C12H22N2O3. The Labute approximate surface area is 102 Å². The van der Waals surface area contributed by atoms with Crippen LogP contribution in [0.4, 0.5) is 0 Å². The van der Waals surface area contributed by atoms with E-state index in [1.165, 1.54) is 0 Å². The Bertz CT molecular complexity index is 309. The fraction of sp³-hybridized carbons (Fsp3) is 0.833. The van der Waals surface area contributed by atoms with E-state index in [9.17, 15) is 9.59 Å². The Hall–Kier alpha value is -1.10. The summed E-state index contributed by atoms with van der Waals surface area (Å²) in [6.45, 7) is 8.18. The van der Waals surface area contributed by atoms with Crippen LogP contribution in [-0.2, 0) is 9.59 Å². The van der Waals surface area contributed by atoms with Crippen molar-refractivity contribution in [3.05, 3.63) is 0 Å². The van der Waals surface area contributed by atoms with E-state index in [0.717, 1.165) is 6.42 Å². The van der Waals surface area contributed by atoms with Gasteiger partial charge in [-0.15, -0.1) is 0 Å². The van der Waals surface area contributed by atoms with Gasteiger partial charge in [0.2, 0.25) is 5.91 Å². The third kappa shape index (κ3) is 3.70. The highest BCUT2D eigenvalue weighted by Gasteiger charge is 2.36. The molecule has 1 aliphatic rings. The number of carboxylic acids is 1. The minimum Gasteiger partial charge on any atom is -0.480 e. The number of carboxylic acid groups (broad SMARTS) is 1. The molecule has 0 aromatic carbocycles. The Balaban J connectivity index is 2.66. The number of amides is 1. The molecule has 0 bridgehead atoms. The zero-order valence-corrected chi connectivity index (χ0v) is 11.0. The topological polar surface area (TPSA) is 69.6 Å². The number of aliphatic carboxylic acids is 1. The van der Waals surface area contributed by atoms with Crippen molar-refractivity contribution in [2.24, 2.45) is 0 Å². The van der Waals surface area contributed by atoms with Gasteiger partial charge in [-0.3, -0.25) is 14.5 Å². The third-order valence-electron chi connectivity index (χ3n) is 2.95. The standard InChI is InChI=1S/C12H22N2O3/c1-8(10(15)13-12(2,3)4)14-7-5-6-9(14)11(16)17/h8-9H,5-7H2,1-4H3,(H,13,15)(H,16,17). The number of hydrogen-bond acceptors (Lipinski definition) is 3. The van der Waals surface area contributed by atoms with Crippen LogP contribution >= 0.6 is 0 Å². The second kappa shape index (κ2) is 5.04. The number of hydrogen-bond donors (Lipinski definition) is 2. The van der Waals surface area contributed by atoms with Crippen LogP contribution in [0.25, 0.3) is 0 Å². The maximum absolute atomic E-state index is 12.0. The van der Waals surface area contributed by atoms with Crippen molar-refractivity contribution in [3.63, 3.8) is 0 Å². The van der Waals surface area contributed by atoms with Crippen LogP contribution < -0.4 is 5.32 Å². The molecule has 2 unspecified atom stereocenters. The minimum atomic E-state index is -0.835. The highest BCUT2D eigenvalue weighted by Crippen LogP contribution is 2.20. The van der Waals surface area contributed by atoms with Crippen molar-refractivity contribution in [2.75, 3.05) is 6.54 Å². The lowest BCUT2D eigenvalue weighted by atomic mass is 10.1. The Morgan fingerprint density at radius 1 is 1.41 bits per heavy atom. The van der Waals surface area contributed by atoms with Gasteiger partial charge in [0.05, 0.1) is 6.04 Å². The molecule has 0 saturated carbocycles. The van der Waals surface area contributed by atoms with Crippen molar-refractivity contribution in [1.82, 2.24) is 10.2 Å². The van der Waals surface area contributed by atoms with Crippen molar-refractivity contribution in [3.8, 4) is 0 Å². The summed E-state index contributed by atoms with van der Waals surface area (Å²) in [5, 5.41) is 12.0. The van der Waals surface area contributed by atoms with Gasteiger partial charge in [-0.25, -0.2) is 0 Å². The van der Waals surface area contributed by atoms with Crippen molar-refractivity contribution < 1.29 is 14.7 Å². The molecule has 1 saturated heterocycles. The molecule has 0 aliphatic carbocycles. The molecule has 1 amide bonds. The van der Waals surface area contributed by atoms with Crippen LogP contribution in [0.1, 0.15) is 40.5 Å². The molecule has 0 radical (unpaired) electrons. The van der Waals surface area contributed by atoms with Gasteiger partial charge in [0, 0.05) is 5.54 Å². The van der Waals surface area contributed by atoms with Gasteiger partial charge < -0.3 is 10.4 Å². The molecule has 1 aliphatic heterocycles. The first-order valence-corrected chi connectivity index (χ1v) is 6.03. The zero-order chi connectivity index (χ0) is 13.2. The molecule has 5 nitrogen and oxygen atoms in total. The number of carbonyl (C=O) groups is 2. The largest absolute Gasteiger partial charge is 0.480 e. The summed E-state index contributed by atoms with van der Waals surface area (Å²) < 4.78 is 0. The fourth-order valence-electron chi connectivity index (χ4n) is 2.14. The summed E-state index contributed by atoms with van der Waals surface area (Å²) in [6, 6.07) is -0.909. The number of nitrogens with zero attached hydrogens (tertiary/aromatic N) is 1. The summed E-state index contributed by atoms with van der Waals surface area (Å²) in [5.41, 5.74) is -0.288. The lowest BCUT2D eigenvalue weighted by Crippen LogP contribution is -2.53. The predicted octanol–water partition coefficient (Wildman–Crippen LogP) is 0.839. The average molecular weight is 242 g/mol. The molecule has 0 aromatic heterocycles. The predicted molar refractivity (Wildman–Crippen MR) is 64.7 cm³/mol. The van der Waals surface area contributed by atoms with E-state index in [4.69, 9.17) is 5.11 Å². The first-order valence-electron chi connectivity index (χ1n) is 6.03. The van der Waals surface area contributed by atoms with E-state index < -0.39 is 18.1 Å². The van der Waals surface area contributed by atoms with Crippen LogP contribution in [0.15, 0.2) is 0 Å². The van der Waals surface area contributed by atoms with Gasteiger partial charge in [-0.1, -0.05) is 0 Å². The number of rotatable bonds is 3. The summed E-state index contributed by atoms with van der Waals surface area (Å²) in [6.07, 6.45) is 1.46. The van der Waals surface area contributed by atoms with E-state index in [1.807, 2.05) is 20.8 Å². The van der Waals surface area contributed by atoms with Gasteiger partial charge >= 0.3 is 5.97 Å². The average Bonchev–Trinajstić information content (AvgIpc) is 2.61. The van der Waals surface area contributed by atoms with Crippen molar-refractivity contribution in [1.29, 1.82) is 0 Å². The highest BCUT2D eigenvalue weighted by molar-refractivity contribution is 5.83. The Kier molecular flexibility index (Phi) is 4.14. The molecule has 1 rings (SSSR count). The Morgan fingerprint density at radius 3 is 2.47 bits per heavy atom. The normalized spacial score (nSPS) is 23.4. The first kappa shape index (κ1) is 14.0. The maximum Gasteiger partial charge on any atom is 0.320 e.